The largest absolute Gasteiger partial charge is 0.329 e. The molecule has 0 aliphatic heterocycles. The Bertz CT molecular complexity index is 901. The van der Waals surface area contributed by atoms with E-state index in [1.807, 2.05) is 0 Å². The molecule has 0 saturated carbocycles. The molecule has 0 radical (unpaired) electrons. The van der Waals surface area contributed by atoms with Gasteiger partial charge in [0.15, 0.2) is 0 Å². The highest BCUT2D eigenvalue weighted by Crippen LogP contribution is 2.19. The molecule has 1 aromatic heterocycles. The molecule has 0 aliphatic carbocycles. The number of nitrogens with zero attached hydrogens (tertiary/aromatic N) is 3. The third-order valence-corrected chi connectivity index (χ3v) is 6.33. The highest BCUT2D eigenvalue weighted by molar-refractivity contribution is 7.89. The van der Waals surface area contributed by atoms with Crippen LogP contribution in [0.5, 0.6) is 0 Å². The quantitative estimate of drug-likeness (QED) is 0.786. The number of aromatic nitrogens is 2. The lowest BCUT2D eigenvalue weighted by molar-refractivity contribution is 0.394. The summed E-state index contributed by atoms with van der Waals surface area (Å²) in [7, 11) is -2.21. The molecule has 1 heterocycles. The van der Waals surface area contributed by atoms with Crippen LogP contribution in [0.25, 0.3) is 5.69 Å². The van der Waals surface area contributed by atoms with Gasteiger partial charge in [0.1, 0.15) is 5.02 Å². The number of nitrogens with two attached hydrogens (primary N) is 1. The minimum atomic E-state index is -3.68. The first-order chi connectivity index (χ1) is 11.2. The van der Waals surface area contributed by atoms with E-state index in [1.165, 1.54) is 41.8 Å². The molecule has 1 aromatic carbocycles. The van der Waals surface area contributed by atoms with E-state index in [9.17, 15) is 13.2 Å². The van der Waals surface area contributed by atoms with Crippen molar-refractivity contribution >= 4 is 45.6 Å². The first kappa shape index (κ1) is 21.9. The van der Waals surface area contributed by atoms with E-state index >= 15 is 0 Å². The van der Waals surface area contributed by atoms with Crippen molar-refractivity contribution in [1.82, 2.24) is 14.1 Å². The molecule has 0 amide bonds. The second kappa shape index (κ2) is 8.48. The van der Waals surface area contributed by atoms with Crippen molar-refractivity contribution in [2.45, 2.75) is 17.9 Å². The van der Waals surface area contributed by atoms with Gasteiger partial charge in [-0.05, 0) is 31.2 Å². The molecule has 138 valence electrons. The molecule has 1 unspecified atom stereocenters. The molecular formula is C14H17Cl3N4O3S. The molecule has 7 nitrogen and oxygen atoms in total. The van der Waals surface area contributed by atoms with Crippen LogP contribution in [0.15, 0.2) is 40.2 Å². The number of hydrogen-bond donors (Lipinski definition) is 1. The number of halogens is 3. The Morgan fingerprint density at radius 3 is 2.36 bits per heavy atom. The topological polar surface area (TPSA) is 98.3 Å². The molecule has 0 aliphatic rings. The number of sulfonamides is 1. The zero-order valence-electron chi connectivity index (χ0n) is 13.4. The number of rotatable bonds is 5. The molecular weight excluding hydrogens is 411 g/mol. The van der Waals surface area contributed by atoms with Crippen molar-refractivity contribution < 1.29 is 8.42 Å². The van der Waals surface area contributed by atoms with E-state index in [0.29, 0.717) is 5.69 Å². The van der Waals surface area contributed by atoms with Crippen LogP contribution in [0.4, 0.5) is 0 Å². The Balaban J connectivity index is 0.00000312. The summed E-state index contributed by atoms with van der Waals surface area (Å²) in [6.07, 6.45) is 1.24. The molecule has 2 N–H and O–H groups in total. The zero-order valence-corrected chi connectivity index (χ0v) is 16.5. The maximum atomic E-state index is 12.5. The van der Waals surface area contributed by atoms with Gasteiger partial charge in [-0.15, -0.1) is 12.4 Å². The van der Waals surface area contributed by atoms with Gasteiger partial charge in [0.05, 0.1) is 21.8 Å². The third-order valence-electron chi connectivity index (χ3n) is 3.60. The van der Waals surface area contributed by atoms with Crippen molar-refractivity contribution in [2.75, 3.05) is 13.6 Å². The molecule has 2 rings (SSSR count). The molecule has 0 saturated heterocycles. The summed E-state index contributed by atoms with van der Waals surface area (Å²) in [5.74, 6) is 0. The molecule has 0 bridgehead atoms. The van der Waals surface area contributed by atoms with Gasteiger partial charge in [0.2, 0.25) is 10.0 Å². The van der Waals surface area contributed by atoms with Crippen molar-refractivity contribution in [3.8, 4) is 5.69 Å². The number of hydrogen-bond acceptors (Lipinski definition) is 5. The van der Waals surface area contributed by atoms with E-state index in [2.05, 4.69) is 5.10 Å². The van der Waals surface area contributed by atoms with Gasteiger partial charge in [-0.2, -0.15) is 14.1 Å². The van der Waals surface area contributed by atoms with Crippen LogP contribution in [0.1, 0.15) is 6.92 Å². The fourth-order valence-corrected chi connectivity index (χ4v) is 3.53. The molecule has 11 heteroatoms. The fourth-order valence-electron chi connectivity index (χ4n) is 1.91. The van der Waals surface area contributed by atoms with E-state index in [1.54, 1.807) is 6.92 Å². The second-order valence-corrected chi connectivity index (χ2v) is 7.91. The van der Waals surface area contributed by atoms with Crippen LogP contribution < -0.4 is 11.3 Å². The van der Waals surface area contributed by atoms with Crippen molar-refractivity contribution in [3.63, 3.8) is 0 Å². The number of benzene rings is 1. The smallest absolute Gasteiger partial charge is 0.291 e. The Morgan fingerprint density at radius 1 is 1.28 bits per heavy atom. The van der Waals surface area contributed by atoms with Crippen LogP contribution in [-0.2, 0) is 10.0 Å². The SMILES string of the molecule is CC(CN)N(C)S(=O)(=O)c1ccc(-n2ncc(Cl)c(Cl)c2=O)cc1.Cl. The minimum Gasteiger partial charge on any atom is -0.329 e. The van der Waals surface area contributed by atoms with Crippen LogP contribution in [0.2, 0.25) is 10.0 Å². The normalized spacial score (nSPS) is 12.7. The summed E-state index contributed by atoms with van der Waals surface area (Å²) in [6.45, 7) is 1.92. The van der Waals surface area contributed by atoms with Crippen molar-refractivity contribution in [3.05, 3.63) is 50.9 Å². The highest BCUT2D eigenvalue weighted by atomic mass is 35.5. The summed E-state index contributed by atoms with van der Waals surface area (Å²) in [4.78, 5) is 12.1. The molecule has 0 spiro atoms. The van der Waals surface area contributed by atoms with Gasteiger partial charge < -0.3 is 5.73 Å². The molecule has 0 fully saturated rings. The summed E-state index contributed by atoms with van der Waals surface area (Å²) in [5.41, 5.74) is 5.29. The third kappa shape index (κ3) is 4.33. The lowest BCUT2D eigenvalue weighted by Gasteiger charge is -2.23. The Kier molecular flexibility index (Phi) is 7.42. The predicted octanol–water partition coefficient (Wildman–Crippen LogP) is 1.93. The molecule has 25 heavy (non-hydrogen) atoms. The van der Waals surface area contributed by atoms with Crippen molar-refractivity contribution in [2.24, 2.45) is 5.73 Å². The Hall–Kier alpha value is -1.16. The number of likely N-dealkylation sites (N-methyl/N-ethyl adjacent to an activating group) is 1. The first-order valence-corrected chi connectivity index (χ1v) is 9.11. The second-order valence-electron chi connectivity index (χ2n) is 5.12. The van der Waals surface area contributed by atoms with E-state index in [-0.39, 0.29) is 39.9 Å². The zero-order chi connectivity index (χ0) is 18.1. The van der Waals surface area contributed by atoms with Gasteiger partial charge in [0, 0.05) is 19.6 Å². The van der Waals surface area contributed by atoms with Crippen LogP contribution in [-0.4, -0.2) is 42.1 Å². The molecule has 2 aromatic rings. The van der Waals surface area contributed by atoms with Crippen LogP contribution >= 0.6 is 35.6 Å². The lowest BCUT2D eigenvalue weighted by Crippen LogP contribution is -2.39. The average molecular weight is 428 g/mol. The van der Waals surface area contributed by atoms with E-state index in [0.717, 1.165) is 4.68 Å². The summed E-state index contributed by atoms with van der Waals surface area (Å²) in [6, 6.07) is 5.37. The summed E-state index contributed by atoms with van der Waals surface area (Å²) < 4.78 is 27.2. The fraction of sp³-hybridized carbons (Fsp3) is 0.286. The average Bonchev–Trinajstić information content (AvgIpc) is 2.58. The maximum absolute atomic E-state index is 12.5. The van der Waals surface area contributed by atoms with Gasteiger partial charge in [-0.25, -0.2) is 8.42 Å². The lowest BCUT2D eigenvalue weighted by atomic mass is 10.3. The molecule has 1 atom stereocenters. The maximum Gasteiger partial charge on any atom is 0.291 e. The van der Waals surface area contributed by atoms with Crippen LogP contribution in [0, 0.1) is 0 Å². The van der Waals surface area contributed by atoms with Gasteiger partial charge in [-0.1, -0.05) is 23.2 Å². The Labute approximate surface area is 161 Å². The summed E-state index contributed by atoms with van der Waals surface area (Å²) >= 11 is 11.5. The van der Waals surface area contributed by atoms with Gasteiger partial charge in [0.25, 0.3) is 5.56 Å². The first-order valence-electron chi connectivity index (χ1n) is 6.92. The van der Waals surface area contributed by atoms with Crippen LogP contribution in [0.3, 0.4) is 0 Å². The predicted molar refractivity (Wildman–Crippen MR) is 101 cm³/mol. The highest BCUT2D eigenvalue weighted by Gasteiger charge is 2.24. The monoisotopic (exact) mass is 426 g/mol. The Morgan fingerprint density at radius 2 is 1.84 bits per heavy atom. The van der Waals surface area contributed by atoms with E-state index < -0.39 is 15.6 Å². The van der Waals surface area contributed by atoms with E-state index in [4.69, 9.17) is 28.9 Å². The van der Waals surface area contributed by atoms with Crippen molar-refractivity contribution in [1.29, 1.82) is 0 Å². The standard InChI is InChI=1S/C14H16Cl2N4O3S.ClH/c1-9(7-17)19(2)24(22,23)11-5-3-10(4-6-11)20-14(21)13(16)12(15)8-18-20;/h3-6,8-9H,7,17H2,1-2H3;1H. The minimum absolute atomic E-state index is 0. The van der Waals surface area contributed by atoms with Gasteiger partial charge >= 0.3 is 0 Å². The van der Waals surface area contributed by atoms with Gasteiger partial charge in [-0.3, -0.25) is 4.79 Å². The summed E-state index contributed by atoms with van der Waals surface area (Å²) in [5, 5.41) is 3.79.